The van der Waals surface area contributed by atoms with Crippen LogP contribution in [0.25, 0.3) is 0 Å². The fraction of sp³-hybridized carbons (Fsp3) is 0.316. The first-order valence-corrected chi connectivity index (χ1v) is 13.8. The van der Waals surface area contributed by atoms with Crippen molar-refractivity contribution in [2.75, 3.05) is 19.1 Å². The second kappa shape index (κ2) is 8.68. The highest BCUT2D eigenvalue weighted by atomic mass is 32.2. The average Bonchev–Trinajstić information content (AvgIpc) is 2.61. The summed E-state index contributed by atoms with van der Waals surface area (Å²) in [4.78, 5) is 12.9. The molecule has 2 N–H and O–H groups in total. The topological polar surface area (TPSA) is 89.7 Å². The fourth-order valence-corrected chi connectivity index (χ4v) is 4.28. The van der Waals surface area contributed by atoms with E-state index in [1.165, 1.54) is 24.3 Å². The van der Waals surface area contributed by atoms with Crippen LogP contribution in [0.2, 0.25) is 25.7 Å². The minimum atomic E-state index is -4.07. The van der Waals surface area contributed by atoms with Crippen LogP contribution in [-0.4, -0.2) is 40.0 Å². The van der Waals surface area contributed by atoms with Crippen LogP contribution < -0.4 is 5.73 Å². The van der Waals surface area contributed by atoms with Gasteiger partial charge in [0.1, 0.15) is 6.73 Å². The predicted molar refractivity (Wildman–Crippen MR) is 110 cm³/mol. The Hall–Kier alpha value is -2.16. The molecule has 0 saturated heterocycles. The van der Waals surface area contributed by atoms with Gasteiger partial charge in [0, 0.05) is 25.9 Å². The molecule has 0 bridgehead atoms. The number of hydrogen-bond donors (Lipinski definition) is 1. The third-order valence-corrected chi connectivity index (χ3v) is 7.34. The van der Waals surface area contributed by atoms with E-state index in [0.717, 1.165) is 10.3 Å². The van der Waals surface area contributed by atoms with Gasteiger partial charge in [0.05, 0.1) is 4.90 Å². The van der Waals surface area contributed by atoms with Crippen molar-refractivity contribution in [2.24, 2.45) is 0 Å². The van der Waals surface area contributed by atoms with Crippen molar-refractivity contribution in [2.45, 2.75) is 30.6 Å². The maximum atomic E-state index is 13.0. The monoisotopic (exact) mass is 406 g/mol. The van der Waals surface area contributed by atoms with Crippen LogP contribution in [0.15, 0.2) is 59.5 Å². The zero-order valence-electron chi connectivity index (χ0n) is 15.9. The van der Waals surface area contributed by atoms with E-state index in [1.807, 2.05) is 0 Å². The quantitative estimate of drug-likeness (QED) is 0.314. The van der Waals surface area contributed by atoms with Crippen molar-refractivity contribution in [3.63, 3.8) is 0 Å². The molecular weight excluding hydrogens is 380 g/mol. The molecule has 0 unspecified atom stereocenters. The number of nitrogen functional groups attached to an aromatic ring is 1. The smallest absolute Gasteiger partial charge is 0.269 e. The second-order valence-electron chi connectivity index (χ2n) is 7.44. The summed E-state index contributed by atoms with van der Waals surface area (Å²) in [7, 11) is -5.39. The highest BCUT2D eigenvalue weighted by molar-refractivity contribution is 7.89. The Morgan fingerprint density at radius 2 is 1.63 bits per heavy atom. The van der Waals surface area contributed by atoms with Gasteiger partial charge in [-0.3, -0.25) is 4.79 Å². The highest BCUT2D eigenvalue weighted by Gasteiger charge is 2.30. The van der Waals surface area contributed by atoms with Gasteiger partial charge in [0.25, 0.3) is 15.9 Å². The molecule has 2 aromatic rings. The lowest BCUT2D eigenvalue weighted by atomic mass is 10.2. The van der Waals surface area contributed by atoms with Crippen molar-refractivity contribution in [3.8, 4) is 0 Å². The van der Waals surface area contributed by atoms with Gasteiger partial charge in [-0.2, -0.15) is 0 Å². The molecule has 0 aliphatic rings. The minimum absolute atomic E-state index is 0.00484. The summed E-state index contributed by atoms with van der Waals surface area (Å²) in [5, 5.41) is 0. The number of ether oxygens (including phenoxy) is 1. The number of carbonyl (C=O) groups excluding carboxylic acids is 1. The van der Waals surface area contributed by atoms with Crippen LogP contribution in [0.4, 0.5) is 5.69 Å². The van der Waals surface area contributed by atoms with E-state index in [2.05, 4.69) is 19.6 Å². The van der Waals surface area contributed by atoms with E-state index in [4.69, 9.17) is 10.5 Å². The van der Waals surface area contributed by atoms with E-state index >= 15 is 0 Å². The number of sulfonamides is 1. The third-order valence-electron chi connectivity index (χ3n) is 3.92. The van der Waals surface area contributed by atoms with E-state index in [1.54, 1.807) is 30.3 Å². The van der Waals surface area contributed by atoms with Gasteiger partial charge in [-0.25, -0.2) is 12.7 Å². The lowest BCUT2D eigenvalue weighted by molar-refractivity contribution is 0.0555. The lowest BCUT2D eigenvalue weighted by Gasteiger charge is -2.23. The summed E-state index contributed by atoms with van der Waals surface area (Å²) in [6.45, 7) is 6.69. The molecule has 0 aliphatic carbocycles. The van der Waals surface area contributed by atoms with Crippen molar-refractivity contribution in [1.29, 1.82) is 0 Å². The Labute approximate surface area is 162 Å². The van der Waals surface area contributed by atoms with Gasteiger partial charge in [0.15, 0.2) is 0 Å². The predicted octanol–water partition coefficient (Wildman–Crippen LogP) is 3.41. The summed E-state index contributed by atoms with van der Waals surface area (Å²) in [6, 6.07) is 14.9. The molecule has 27 heavy (non-hydrogen) atoms. The number of nitrogens with zero attached hydrogens (tertiary/aromatic N) is 1. The summed E-state index contributed by atoms with van der Waals surface area (Å²) in [6.07, 6.45) is 0. The molecule has 0 spiro atoms. The maximum absolute atomic E-state index is 13.0. The van der Waals surface area contributed by atoms with Gasteiger partial charge < -0.3 is 10.5 Å². The average molecular weight is 407 g/mol. The molecule has 0 atom stereocenters. The molecule has 1 amide bonds. The first kappa shape index (κ1) is 21.1. The maximum Gasteiger partial charge on any atom is 0.269 e. The van der Waals surface area contributed by atoms with Crippen molar-refractivity contribution in [3.05, 3.63) is 60.2 Å². The van der Waals surface area contributed by atoms with Crippen molar-refractivity contribution in [1.82, 2.24) is 4.31 Å². The molecular formula is C19H26N2O4SSi. The van der Waals surface area contributed by atoms with Crippen LogP contribution >= 0.6 is 0 Å². The Morgan fingerprint density at radius 3 is 2.19 bits per heavy atom. The van der Waals surface area contributed by atoms with Crippen LogP contribution in [0.5, 0.6) is 0 Å². The summed E-state index contributed by atoms with van der Waals surface area (Å²) < 4.78 is 32.4. The number of rotatable bonds is 8. The number of hydrogen-bond acceptors (Lipinski definition) is 5. The summed E-state index contributed by atoms with van der Waals surface area (Å²) in [5.74, 6) is -0.625. The van der Waals surface area contributed by atoms with Crippen molar-refractivity contribution >= 4 is 29.7 Å². The minimum Gasteiger partial charge on any atom is -0.399 e. The summed E-state index contributed by atoms with van der Waals surface area (Å²) in [5.41, 5.74) is 6.37. The molecule has 0 fully saturated rings. The van der Waals surface area contributed by atoms with Crippen LogP contribution in [0, 0.1) is 0 Å². The largest absolute Gasteiger partial charge is 0.399 e. The van der Waals surface area contributed by atoms with E-state index in [9.17, 15) is 13.2 Å². The van der Waals surface area contributed by atoms with Gasteiger partial charge in [-0.1, -0.05) is 37.8 Å². The number of carbonyl (C=O) groups is 1. The van der Waals surface area contributed by atoms with Gasteiger partial charge in [0.2, 0.25) is 0 Å². The first-order valence-electron chi connectivity index (χ1n) is 8.67. The van der Waals surface area contributed by atoms with E-state index in [0.29, 0.717) is 12.3 Å². The Morgan fingerprint density at radius 1 is 1.04 bits per heavy atom. The molecule has 8 heteroatoms. The molecule has 0 aliphatic heterocycles. The van der Waals surface area contributed by atoms with Gasteiger partial charge >= 0.3 is 0 Å². The van der Waals surface area contributed by atoms with Crippen LogP contribution in [0.1, 0.15) is 10.4 Å². The van der Waals surface area contributed by atoms with E-state index < -0.39 is 24.0 Å². The molecule has 146 valence electrons. The van der Waals surface area contributed by atoms with Crippen LogP contribution in [0.3, 0.4) is 0 Å². The van der Waals surface area contributed by atoms with E-state index in [-0.39, 0.29) is 17.2 Å². The molecule has 0 saturated carbocycles. The SMILES string of the molecule is C[Si](C)(C)CCOCN(C(=O)c1ccccc1)S(=O)(=O)c1ccc(N)cc1. The summed E-state index contributed by atoms with van der Waals surface area (Å²) >= 11 is 0. The normalized spacial score (nSPS) is 12.0. The fourth-order valence-electron chi connectivity index (χ4n) is 2.25. The molecule has 6 nitrogen and oxygen atoms in total. The number of anilines is 1. The second-order valence-corrected chi connectivity index (χ2v) is 14.9. The zero-order chi connectivity index (χ0) is 20.1. The Bertz CT molecular complexity index is 863. The highest BCUT2D eigenvalue weighted by Crippen LogP contribution is 2.20. The number of amides is 1. The zero-order valence-corrected chi connectivity index (χ0v) is 17.7. The third kappa shape index (κ3) is 5.91. The first-order chi connectivity index (χ1) is 12.6. The standard InChI is InChI=1S/C19H26N2O4SSi/c1-27(2,3)14-13-25-15-21(19(22)16-7-5-4-6-8-16)26(23,24)18-11-9-17(20)10-12-18/h4-12H,13-15,20H2,1-3H3. The number of nitrogens with two attached hydrogens (primary N) is 1. The Kier molecular flexibility index (Phi) is 6.80. The molecule has 0 radical (unpaired) electrons. The number of benzene rings is 2. The Balaban J connectivity index is 2.28. The molecule has 0 heterocycles. The van der Waals surface area contributed by atoms with Gasteiger partial charge in [-0.05, 0) is 42.4 Å². The van der Waals surface area contributed by atoms with Crippen molar-refractivity contribution < 1.29 is 17.9 Å². The van der Waals surface area contributed by atoms with Gasteiger partial charge in [-0.15, -0.1) is 0 Å². The lowest BCUT2D eigenvalue weighted by Crippen LogP contribution is -2.39. The molecule has 2 rings (SSSR count). The molecule has 2 aromatic carbocycles. The molecule has 0 aromatic heterocycles. The van der Waals surface area contributed by atoms with Crippen LogP contribution in [-0.2, 0) is 14.8 Å².